The van der Waals surface area contributed by atoms with E-state index in [0.29, 0.717) is 21.2 Å². The topological polar surface area (TPSA) is 66.8 Å². The first-order valence-corrected chi connectivity index (χ1v) is 8.98. The summed E-state index contributed by atoms with van der Waals surface area (Å²) >= 11 is 12.0. The minimum atomic E-state index is -0.755. The maximum atomic E-state index is 12.7. The molecule has 0 aromatic heterocycles. The first kappa shape index (κ1) is 19.4. The van der Waals surface area contributed by atoms with Gasteiger partial charge in [0.2, 0.25) is 0 Å². The Kier molecular flexibility index (Phi) is 5.85. The van der Waals surface area contributed by atoms with Crippen LogP contribution in [0.4, 0.5) is 0 Å². The van der Waals surface area contributed by atoms with Gasteiger partial charge in [0, 0.05) is 29.3 Å². The number of hydrogen-bond acceptors (Lipinski definition) is 4. The normalized spacial score (nSPS) is 18.9. The summed E-state index contributed by atoms with van der Waals surface area (Å²) in [5, 5.41) is 11.8. The van der Waals surface area contributed by atoms with E-state index < -0.39 is 17.7 Å². The molecule has 0 bridgehead atoms. The van der Waals surface area contributed by atoms with Crippen LogP contribution in [0.25, 0.3) is 5.76 Å². The summed E-state index contributed by atoms with van der Waals surface area (Å²) < 4.78 is 5.06. The molecule has 27 heavy (non-hydrogen) atoms. The van der Waals surface area contributed by atoms with Crippen molar-refractivity contribution in [3.8, 4) is 0 Å². The number of rotatable bonds is 5. The van der Waals surface area contributed by atoms with Crippen molar-refractivity contribution >= 4 is 40.7 Å². The number of benzene rings is 2. The van der Waals surface area contributed by atoms with E-state index in [1.54, 1.807) is 48.5 Å². The Morgan fingerprint density at radius 2 is 1.81 bits per heavy atom. The maximum absolute atomic E-state index is 12.7. The summed E-state index contributed by atoms with van der Waals surface area (Å²) in [4.78, 5) is 26.7. The molecule has 0 aliphatic carbocycles. The molecule has 0 spiro atoms. The second-order valence-electron chi connectivity index (χ2n) is 6.05. The lowest BCUT2D eigenvalue weighted by Crippen LogP contribution is -2.32. The Bertz CT molecular complexity index is 908. The van der Waals surface area contributed by atoms with E-state index in [-0.39, 0.29) is 24.5 Å². The van der Waals surface area contributed by atoms with Gasteiger partial charge in [0.1, 0.15) is 5.76 Å². The third-order valence-corrected chi connectivity index (χ3v) is 4.85. The van der Waals surface area contributed by atoms with Crippen LogP contribution in [0.15, 0.2) is 54.1 Å². The van der Waals surface area contributed by atoms with E-state index in [2.05, 4.69) is 0 Å². The molecule has 1 aliphatic heterocycles. The zero-order chi connectivity index (χ0) is 19.6. The fourth-order valence-corrected chi connectivity index (χ4v) is 3.41. The highest BCUT2D eigenvalue weighted by Crippen LogP contribution is 2.39. The number of amides is 1. The molecule has 7 heteroatoms. The fourth-order valence-electron chi connectivity index (χ4n) is 3.09. The van der Waals surface area contributed by atoms with Crippen molar-refractivity contribution in [1.29, 1.82) is 0 Å². The Morgan fingerprint density at radius 1 is 1.11 bits per heavy atom. The molecule has 1 aliphatic rings. The molecular weight excluding hydrogens is 389 g/mol. The highest BCUT2D eigenvalue weighted by atomic mass is 35.5. The number of hydrogen-bond donors (Lipinski definition) is 1. The number of carbonyl (C=O) groups is 2. The number of halogens is 2. The summed E-state index contributed by atoms with van der Waals surface area (Å²) in [6.45, 7) is 0.459. The predicted molar refractivity (Wildman–Crippen MR) is 104 cm³/mol. The largest absolute Gasteiger partial charge is 0.507 e. The van der Waals surface area contributed by atoms with Crippen LogP contribution in [0.1, 0.15) is 17.2 Å². The fraction of sp³-hybridized carbons (Fsp3) is 0.200. The van der Waals surface area contributed by atoms with Gasteiger partial charge in [-0.3, -0.25) is 9.59 Å². The van der Waals surface area contributed by atoms with Crippen molar-refractivity contribution in [1.82, 2.24) is 4.90 Å². The molecule has 1 saturated heterocycles. The van der Waals surface area contributed by atoms with Crippen LogP contribution in [-0.4, -0.2) is 42.0 Å². The van der Waals surface area contributed by atoms with E-state index >= 15 is 0 Å². The Morgan fingerprint density at radius 3 is 2.44 bits per heavy atom. The van der Waals surface area contributed by atoms with Crippen molar-refractivity contribution in [3.63, 3.8) is 0 Å². The zero-order valence-corrected chi connectivity index (χ0v) is 16.0. The molecule has 1 heterocycles. The van der Waals surface area contributed by atoms with Crippen molar-refractivity contribution in [3.05, 3.63) is 75.3 Å². The first-order chi connectivity index (χ1) is 12.9. The molecule has 1 unspecified atom stereocenters. The van der Waals surface area contributed by atoms with Crippen molar-refractivity contribution in [2.45, 2.75) is 6.04 Å². The van der Waals surface area contributed by atoms with Crippen LogP contribution in [-0.2, 0) is 14.3 Å². The molecule has 2 aromatic rings. The number of methoxy groups -OCH3 is 1. The average Bonchev–Trinajstić information content (AvgIpc) is 2.91. The lowest BCUT2D eigenvalue weighted by atomic mass is 9.95. The third kappa shape index (κ3) is 3.86. The molecule has 2 aromatic carbocycles. The molecule has 1 fully saturated rings. The van der Waals surface area contributed by atoms with Crippen molar-refractivity contribution < 1.29 is 19.4 Å². The Balaban J connectivity index is 2.16. The molecule has 0 saturated carbocycles. The molecule has 1 amide bonds. The Labute approximate surface area is 166 Å². The highest BCUT2D eigenvalue weighted by Gasteiger charge is 2.45. The second-order valence-corrected chi connectivity index (χ2v) is 6.92. The number of aliphatic hydroxyl groups is 1. The van der Waals surface area contributed by atoms with Gasteiger partial charge < -0.3 is 14.7 Å². The molecule has 1 atom stereocenters. The molecule has 140 valence electrons. The quantitative estimate of drug-likeness (QED) is 0.462. The van der Waals surface area contributed by atoms with Crippen LogP contribution in [0.3, 0.4) is 0 Å². The van der Waals surface area contributed by atoms with Crippen LogP contribution in [0.5, 0.6) is 0 Å². The summed E-state index contributed by atoms with van der Waals surface area (Å²) in [5.41, 5.74) is 1.05. The number of nitrogens with zero attached hydrogens (tertiary/aromatic N) is 1. The summed E-state index contributed by atoms with van der Waals surface area (Å²) in [5.74, 6) is -1.69. The van der Waals surface area contributed by atoms with Crippen LogP contribution < -0.4 is 0 Å². The monoisotopic (exact) mass is 405 g/mol. The molecule has 3 rings (SSSR count). The summed E-state index contributed by atoms with van der Waals surface area (Å²) in [7, 11) is 1.51. The average molecular weight is 406 g/mol. The molecule has 0 radical (unpaired) electrons. The SMILES string of the molecule is COCCN1C(=O)C(=O)C(=C(O)c2ccc(Cl)cc2)C1c1cccc(Cl)c1. The van der Waals surface area contributed by atoms with E-state index in [9.17, 15) is 14.7 Å². The first-order valence-electron chi connectivity index (χ1n) is 8.22. The van der Waals surface area contributed by atoms with Crippen molar-refractivity contribution in [2.75, 3.05) is 20.3 Å². The molecule has 5 nitrogen and oxygen atoms in total. The summed E-state index contributed by atoms with van der Waals surface area (Å²) in [6, 6.07) is 12.5. The van der Waals surface area contributed by atoms with Crippen LogP contribution in [0, 0.1) is 0 Å². The van der Waals surface area contributed by atoms with Gasteiger partial charge in [-0.15, -0.1) is 0 Å². The van der Waals surface area contributed by atoms with Gasteiger partial charge in [-0.1, -0.05) is 35.3 Å². The van der Waals surface area contributed by atoms with Crippen LogP contribution in [0.2, 0.25) is 10.0 Å². The van der Waals surface area contributed by atoms with Gasteiger partial charge in [0.05, 0.1) is 18.2 Å². The Hall–Kier alpha value is -2.34. The van der Waals surface area contributed by atoms with Crippen molar-refractivity contribution in [2.24, 2.45) is 0 Å². The number of Topliss-reactive ketones (excluding diaryl/α,β-unsaturated/α-hetero) is 1. The van der Waals surface area contributed by atoms with E-state index in [1.807, 2.05) is 0 Å². The summed E-state index contributed by atoms with van der Waals surface area (Å²) in [6.07, 6.45) is 0. The smallest absolute Gasteiger partial charge is 0.295 e. The molecule has 1 N–H and O–H groups in total. The van der Waals surface area contributed by atoms with Gasteiger partial charge in [-0.05, 0) is 42.0 Å². The third-order valence-electron chi connectivity index (χ3n) is 4.36. The standard InChI is InChI=1S/C20H17Cl2NO4/c1-27-10-9-23-17(13-3-2-4-15(22)11-13)16(19(25)20(23)26)18(24)12-5-7-14(21)8-6-12/h2-8,11,17,24H,9-10H2,1H3. The number of ether oxygens (including phenoxy) is 1. The minimum absolute atomic E-state index is 0.0145. The van der Waals surface area contributed by atoms with Gasteiger partial charge >= 0.3 is 0 Å². The van der Waals surface area contributed by atoms with E-state index in [4.69, 9.17) is 27.9 Å². The van der Waals surface area contributed by atoms with Gasteiger partial charge in [0.25, 0.3) is 11.7 Å². The van der Waals surface area contributed by atoms with Gasteiger partial charge in [-0.25, -0.2) is 0 Å². The highest BCUT2D eigenvalue weighted by molar-refractivity contribution is 6.46. The number of aliphatic hydroxyl groups excluding tert-OH is 1. The predicted octanol–water partition coefficient (Wildman–Crippen LogP) is 4.06. The molecular formula is C20H17Cl2NO4. The maximum Gasteiger partial charge on any atom is 0.295 e. The lowest BCUT2D eigenvalue weighted by molar-refractivity contribution is -0.140. The lowest BCUT2D eigenvalue weighted by Gasteiger charge is -2.25. The van der Waals surface area contributed by atoms with E-state index in [0.717, 1.165) is 0 Å². The number of carbonyl (C=O) groups excluding carboxylic acids is 2. The zero-order valence-electron chi connectivity index (χ0n) is 14.5. The second kappa shape index (κ2) is 8.13. The van der Waals surface area contributed by atoms with Gasteiger partial charge in [0.15, 0.2) is 0 Å². The van der Waals surface area contributed by atoms with E-state index in [1.165, 1.54) is 12.0 Å². The number of likely N-dealkylation sites (tertiary alicyclic amines) is 1. The minimum Gasteiger partial charge on any atom is -0.507 e. The number of ketones is 1. The van der Waals surface area contributed by atoms with Gasteiger partial charge in [-0.2, -0.15) is 0 Å². The van der Waals surface area contributed by atoms with Crippen LogP contribution >= 0.6 is 23.2 Å².